The summed E-state index contributed by atoms with van der Waals surface area (Å²) in [6.07, 6.45) is 2.52. The Hall–Kier alpha value is -3.01. The van der Waals surface area contributed by atoms with Gasteiger partial charge in [-0.05, 0) is 30.2 Å². The first-order valence-electron chi connectivity index (χ1n) is 8.01. The van der Waals surface area contributed by atoms with Crippen LogP contribution in [0.2, 0.25) is 0 Å². The molecule has 1 unspecified atom stereocenters. The van der Waals surface area contributed by atoms with Crippen LogP contribution in [0.3, 0.4) is 0 Å². The number of rotatable bonds is 2. The van der Waals surface area contributed by atoms with Crippen LogP contribution in [0.1, 0.15) is 24.5 Å². The summed E-state index contributed by atoms with van der Waals surface area (Å²) in [6.45, 7) is 2.01. The number of carbonyl (C=O) groups excluding carboxylic acids is 2. The lowest BCUT2D eigenvalue weighted by atomic mass is 10.0. The minimum Gasteiger partial charge on any atom is -0.271 e. The lowest BCUT2D eigenvalue weighted by Crippen LogP contribution is -2.31. The van der Waals surface area contributed by atoms with Crippen LogP contribution in [0.5, 0.6) is 0 Å². The number of fused-ring (bicyclic) bond motifs is 2. The zero-order chi connectivity index (χ0) is 16.7. The summed E-state index contributed by atoms with van der Waals surface area (Å²) < 4.78 is 0. The molecule has 1 saturated heterocycles. The molecule has 4 nitrogen and oxygen atoms in total. The Morgan fingerprint density at radius 1 is 1.00 bits per heavy atom. The number of anilines is 1. The Bertz CT molecular complexity index is 897. The van der Waals surface area contributed by atoms with E-state index in [1.165, 1.54) is 4.90 Å². The van der Waals surface area contributed by atoms with Crippen molar-refractivity contribution in [2.45, 2.75) is 19.4 Å². The van der Waals surface area contributed by atoms with Gasteiger partial charge >= 0.3 is 0 Å². The van der Waals surface area contributed by atoms with Gasteiger partial charge in [-0.2, -0.15) is 0 Å². The maximum absolute atomic E-state index is 12.9. The molecule has 2 aliphatic rings. The number of amides is 2. The summed E-state index contributed by atoms with van der Waals surface area (Å²) in [5.74, 6) is -0.566. The second-order valence-corrected chi connectivity index (χ2v) is 5.83. The molecule has 2 heterocycles. The first-order chi connectivity index (χ1) is 11.7. The molecule has 0 spiro atoms. The number of hydrogen-bond acceptors (Lipinski definition) is 3. The van der Waals surface area contributed by atoms with E-state index in [-0.39, 0.29) is 11.8 Å². The molecule has 0 aliphatic carbocycles. The molecule has 118 valence electrons. The van der Waals surface area contributed by atoms with Gasteiger partial charge in [0.25, 0.3) is 11.8 Å². The summed E-state index contributed by atoms with van der Waals surface area (Å²) in [5, 5.41) is 0. The van der Waals surface area contributed by atoms with Gasteiger partial charge in [-0.1, -0.05) is 49.4 Å². The summed E-state index contributed by atoms with van der Waals surface area (Å²) in [5.41, 5.74) is 3.82. The fourth-order valence-corrected chi connectivity index (χ4v) is 3.25. The van der Waals surface area contributed by atoms with Crippen LogP contribution >= 0.6 is 0 Å². The van der Waals surface area contributed by atoms with E-state index in [9.17, 15) is 9.59 Å². The molecular formula is C20H16N2O2. The Morgan fingerprint density at radius 3 is 2.46 bits per heavy atom. The molecule has 2 aromatic carbocycles. The second kappa shape index (κ2) is 5.57. The first kappa shape index (κ1) is 14.6. The summed E-state index contributed by atoms with van der Waals surface area (Å²) in [4.78, 5) is 31.6. The van der Waals surface area contributed by atoms with Gasteiger partial charge in [0.2, 0.25) is 0 Å². The van der Waals surface area contributed by atoms with Crippen molar-refractivity contribution in [1.82, 2.24) is 0 Å². The zero-order valence-corrected chi connectivity index (χ0v) is 13.3. The summed E-state index contributed by atoms with van der Waals surface area (Å²) >= 11 is 0. The van der Waals surface area contributed by atoms with Crippen molar-refractivity contribution in [3.05, 3.63) is 71.3 Å². The van der Waals surface area contributed by atoms with Crippen molar-refractivity contribution in [2.24, 2.45) is 4.99 Å². The molecule has 1 fully saturated rings. The van der Waals surface area contributed by atoms with Crippen LogP contribution in [0.25, 0.3) is 6.08 Å². The number of carbonyl (C=O) groups is 2. The smallest absolute Gasteiger partial charge is 0.263 e. The molecule has 0 bridgehead atoms. The molecule has 4 rings (SSSR count). The van der Waals surface area contributed by atoms with Gasteiger partial charge < -0.3 is 0 Å². The van der Waals surface area contributed by atoms with Gasteiger partial charge in [-0.3, -0.25) is 14.6 Å². The van der Waals surface area contributed by atoms with Crippen LogP contribution in [0, 0.1) is 0 Å². The predicted octanol–water partition coefficient (Wildman–Crippen LogP) is 3.22. The summed E-state index contributed by atoms with van der Waals surface area (Å²) in [7, 11) is 0. The largest absolute Gasteiger partial charge is 0.271 e. The van der Waals surface area contributed by atoms with Gasteiger partial charge in [-0.15, -0.1) is 0 Å². The highest BCUT2D eigenvalue weighted by molar-refractivity contribution is 6.33. The molecule has 0 saturated carbocycles. The van der Waals surface area contributed by atoms with Gasteiger partial charge in [0.1, 0.15) is 0 Å². The van der Waals surface area contributed by atoms with E-state index in [4.69, 9.17) is 0 Å². The van der Waals surface area contributed by atoms with Crippen LogP contribution in [-0.2, 0) is 9.59 Å². The van der Waals surface area contributed by atoms with Gasteiger partial charge in [0.15, 0.2) is 6.04 Å². The van der Waals surface area contributed by atoms with Crippen LogP contribution in [-0.4, -0.2) is 23.6 Å². The SMILES string of the molecule is CCC1=NC2C(=O)N(c3ccccc3)C(=O)C2=Cc2ccccc21. The minimum absolute atomic E-state index is 0.281. The molecule has 24 heavy (non-hydrogen) atoms. The number of benzene rings is 2. The molecule has 0 N–H and O–H groups in total. The third-order valence-electron chi connectivity index (χ3n) is 4.42. The number of para-hydroxylation sites is 1. The van der Waals surface area contributed by atoms with Crippen molar-refractivity contribution >= 4 is 29.3 Å². The second-order valence-electron chi connectivity index (χ2n) is 5.83. The van der Waals surface area contributed by atoms with Gasteiger partial charge in [0.05, 0.1) is 11.3 Å². The summed E-state index contributed by atoms with van der Waals surface area (Å²) in [6, 6.07) is 16.1. The van der Waals surface area contributed by atoms with Crippen molar-refractivity contribution in [2.75, 3.05) is 4.90 Å². The van der Waals surface area contributed by atoms with Gasteiger partial charge in [0, 0.05) is 11.3 Å². The number of imide groups is 1. The predicted molar refractivity (Wildman–Crippen MR) is 94.0 cm³/mol. The van der Waals surface area contributed by atoms with Gasteiger partial charge in [-0.25, -0.2) is 4.90 Å². The van der Waals surface area contributed by atoms with E-state index in [0.717, 1.165) is 16.8 Å². The van der Waals surface area contributed by atoms with Crippen molar-refractivity contribution in [3.63, 3.8) is 0 Å². The average molecular weight is 316 g/mol. The molecule has 2 amide bonds. The maximum Gasteiger partial charge on any atom is 0.263 e. The van der Waals surface area contributed by atoms with Crippen molar-refractivity contribution in [1.29, 1.82) is 0 Å². The zero-order valence-electron chi connectivity index (χ0n) is 13.3. The van der Waals surface area contributed by atoms with Crippen LogP contribution in [0.15, 0.2) is 65.2 Å². The first-order valence-corrected chi connectivity index (χ1v) is 8.01. The number of hydrogen-bond donors (Lipinski definition) is 0. The molecule has 0 radical (unpaired) electrons. The Kier molecular flexibility index (Phi) is 3.38. The fraction of sp³-hybridized carbons (Fsp3) is 0.150. The van der Waals surface area contributed by atoms with E-state index < -0.39 is 6.04 Å². The molecule has 4 heteroatoms. The van der Waals surface area contributed by atoms with E-state index in [2.05, 4.69) is 4.99 Å². The Labute approximate surface area is 140 Å². The molecular weight excluding hydrogens is 300 g/mol. The van der Waals surface area contributed by atoms with Crippen LogP contribution < -0.4 is 4.90 Å². The highest BCUT2D eigenvalue weighted by Gasteiger charge is 2.45. The number of nitrogens with zero attached hydrogens (tertiary/aromatic N) is 2. The average Bonchev–Trinajstić information content (AvgIpc) is 2.76. The highest BCUT2D eigenvalue weighted by Crippen LogP contribution is 2.33. The van der Waals surface area contributed by atoms with Crippen molar-refractivity contribution in [3.8, 4) is 0 Å². The maximum atomic E-state index is 12.9. The van der Waals surface area contributed by atoms with E-state index in [1.807, 2.05) is 55.5 Å². The minimum atomic E-state index is -0.750. The van der Waals surface area contributed by atoms with E-state index >= 15 is 0 Å². The molecule has 1 atom stereocenters. The lowest BCUT2D eigenvalue weighted by molar-refractivity contribution is -0.121. The monoisotopic (exact) mass is 316 g/mol. The van der Waals surface area contributed by atoms with Crippen LogP contribution in [0.4, 0.5) is 5.69 Å². The molecule has 0 aromatic heterocycles. The molecule has 2 aliphatic heterocycles. The van der Waals surface area contributed by atoms with Crippen molar-refractivity contribution < 1.29 is 9.59 Å². The van der Waals surface area contributed by atoms with E-state index in [0.29, 0.717) is 17.7 Å². The topological polar surface area (TPSA) is 49.7 Å². The number of aliphatic imine (C=N–C) groups is 1. The quantitative estimate of drug-likeness (QED) is 0.799. The highest BCUT2D eigenvalue weighted by atomic mass is 16.2. The van der Waals surface area contributed by atoms with E-state index in [1.54, 1.807) is 12.1 Å². The Balaban J connectivity index is 1.88. The lowest BCUT2D eigenvalue weighted by Gasteiger charge is -2.14. The fourth-order valence-electron chi connectivity index (χ4n) is 3.25. The molecule has 2 aromatic rings. The third kappa shape index (κ3) is 2.11. The Morgan fingerprint density at radius 2 is 1.71 bits per heavy atom. The normalized spacial score (nSPS) is 19.4. The third-order valence-corrected chi connectivity index (χ3v) is 4.42. The standard InChI is InChI=1S/C20H16N2O2/c1-2-17-15-11-7-6-8-13(15)12-16-18(21-17)20(24)22(19(16)23)14-9-4-3-5-10-14/h3-12,18H,2H2,1H3.